The number of urea groups is 2. The number of nitrogens with one attached hydrogen (secondary N) is 4. The SMILES string of the molecule is C[C@@H](CC(=O)c1ccc2c(n1)N(C(=O)Nc1ncc3cc[nH]c3n1)[C@H]1CCN2C1)C(F)(F)F.C[C@@H](N)C(F)(F)F.O=C(O)c1ccc2c(n1)N(C(=O)Nc1ncc3cc[nH]c3n1)[C@H]1CCN2C1. The maximum atomic E-state index is 13.2. The number of amides is 4. The van der Waals surface area contributed by atoms with E-state index in [1.807, 2.05) is 11.0 Å². The van der Waals surface area contributed by atoms with Crippen molar-refractivity contribution in [1.82, 2.24) is 39.9 Å². The van der Waals surface area contributed by atoms with Gasteiger partial charge in [-0.25, -0.2) is 34.3 Å². The van der Waals surface area contributed by atoms with Crippen molar-refractivity contribution < 1.29 is 50.6 Å². The van der Waals surface area contributed by atoms with Crippen LogP contribution in [0.5, 0.6) is 0 Å². The number of nitrogens with two attached hydrogens (primary N) is 1. The van der Waals surface area contributed by atoms with E-state index in [1.165, 1.54) is 21.9 Å². The Balaban J connectivity index is 0.000000161. The van der Waals surface area contributed by atoms with Gasteiger partial charge in [0, 0.05) is 68.2 Å². The third kappa shape index (κ3) is 9.68. The molecule has 0 aliphatic carbocycles. The first-order chi connectivity index (χ1) is 31.7. The summed E-state index contributed by atoms with van der Waals surface area (Å²) in [5, 5.41) is 16.3. The van der Waals surface area contributed by atoms with Crippen LogP contribution in [-0.4, -0.2) is 125 Å². The lowest BCUT2D eigenvalue weighted by Gasteiger charge is -2.35. The summed E-state index contributed by atoms with van der Waals surface area (Å²) in [7, 11) is 0. The van der Waals surface area contributed by atoms with Gasteiger partial charge in [0.05, 0.1) is 35.4 Å². The highest BCUT2D eigenvalue weighted by atomic mass is 19.4. The fraction of sp³-hybridized carbons (Fsp3) is 0.366. The number of carboxylic acid groups (broad SMARTS) is 1. The summed E-state index contributed by atoms with van der Waals surface area (Å²) in [5.74, 6) is -2.78. The van der Waals surface area contributed by atoms with E-state index in [0.29, 0.717) is 48.9 Å². The van der Waals surface area contributed by atoms with Crippen LogP contribution in [0.25, 0.3) is 22.1 Å². The number of ketones is 1. The zero-order valence-corrected chi connectivity index (χ0v) is 35.4. The molecule has 4 amide bonds. The molecule has 4 aliphatic heterocycles. The Kier molecular flexibility index (Phi) is 12.3. The molecule has 0 aromatic carbocycles. The molecular weight excluding hydrogens is 897 g/mol. The number of nitrogens with zero attached hydrogens (tertiary/aromatic N) is 10. The maximum Gasteiger partial charge on any atom is 0.403 e. The van der Waals surface area contributed by atoms with E-state index in [9.17, 15) is 50.6 Å². The predicted molar refractivity (Wildman–Crippen MR) is 231 cm³/mol. The average molecular weight is 938 g/mol. The van der Waals surface area contributed by atoms with Crippen LogP contribution in [0, 0.1) is 5.92 Å². The van der Waals surface area contributed by atoms with Crippen LogP contribution in [0.4, 0.5) is 70.8 Å². The second-order valence-corrected chi connectivity index (χ2v) is 16.1. The number of aromatic amines is 2. The number of aromatic nitrogens is 8. The van der Waals surface area contributed by atoms with Gasteiger partial charge < -0.3 is 30.6 Å². The number of H-pyrrole nitrogens is 2. The van der Waals surface area contributed by atoms with Gasteiger partial charge in [-0.1, -0.05) is 6.92 Å². The molecule has 4 bridgehead atoms. The molecule has 2 fully saturated rings. The number of halogens is 6. The van der Waals surface area contributed by atoms with Gasteiger partial charge in [0.25, 0.3) is 0 Å². The molecule has 4 aliphatic rings. The summed E-state index contributed by atoms with van der Waals surface area (Å²) in [6.45, 7) is 4.64. The zero-order chi connectivity index (χ0) is 47.9. The van der Waals surface area contributed by atoms with E-state index in [2.05, 4.69) is 61.1 Å². The van der Waals surface area contributed by atoms with Crippen LogP contribution in [0.3, 0.4) is 0 Å². The highest BCUT2D eigenvalue weighted by molar-refractivity contribution is 6.06. The largest absolute Gasteiger partial charge is 0.477 e. The number of pyridine rings is 2. The van der Waals surface area contributed by atoms with Crippen LogP contribution >= 0.6 is 0 Å². The lowest BCUT2D eigenvalue weighted by Crippen LogP contribution is -2.48. The molecule has 6 aromatic heterocycles. The van der Waals surface area contributed by atoms with E-state index >= 15 is 0 Å². The number of aromatic carboxylic acids is 1. The molecule has 10 rings (SSSR count). The van der Waals surface area contributed by atoms with E-state index < -0.39 is 54.5 Å². The Labute approximate surface area is 375 Å². The van der Waals surface area contributed by atoms with Gasteiger partial charge in [-0.3, -0.25) is 25.2 Å². The van der Waals surface area contributed by atoms with Crippen molar-refractivity contribution >= 4 is 80.8 Å². The third-order valence-electron chi connectivity index (χ3n) is 11.5. The lowest BCUT2D eigenvalue weighted by atomic mass is 10.0. The molecule has 0 radical (unpaired) electrons. The fourth-order valence-corrected chi connectivity index (χ4v) is 7.83. The average Bonchev–Trinajstić information content (AvgIpc) is 4.11. The first-order valence-corrected chi connectivity index (χ1v) is 20.7. The Morgan fingerprint density at radius 1 is 0.716 bits per heavy atom. The van der Waals surface area contributed by atoms with Crippen molar-refractivity contribution in [2.24, 2.45) is 11.7 Å². The van der Waals surface area contributed by atoms with E-state index in [4.69, 9.17) is 0 Å². The normalized spacial score (nSPS) is 18.0. The Morgan fingerprint density at radius 2 is 1.16 bits per heavy atom. The van der Waals surface area contributed by atoms with Crippen molar-refractivity contribution in [3.63, 3.8) is 0 Å². The van der Waals surface area contributed by atoms with Gasteiger partial charge in [0.15, 0.2) is 23.1 Å². The zero-order valence-electron chi connectivity index (χ0n) is 35.4. The summed E-state index contributed by atoms with van der Waals surface area (Å²) < 4.78 is 71.9. The van der Waals surface area contributed by atoms with Crippen LogP contribution in [0.15, 0.2) is 61.2 Å². The lowest BCUT2D eigenvalue weighted by molar-refractivity contribution is -0.168. The van der Waals surface area contributed by atoms with Crippen molar-refractivity contribution in [2.45, 2.75) is 63.6 Å². The van der Waals surface area contributed by atoms with Gasteiger partial charge >= 0.3 is 30.4 Å². The van der Waals surface area contributed by atoms with Crippen LogP contribution in [-0.2, 0) is 0 Å². The first kappa shape index (κ1) is 45.9. The number of anilines is 6. The van der Waals surface area contributed by atoms with Crippen molar-refractivity contribution in [2.75, 3.05) is 56.4 Å². The molecule has 352 valence electrons. The Hall–Kier alpha value is -7.64. The number of carbonyl (C=O) groups excluding carboxylic acids is 3. The second-order valence-electron chi connectivity index (χ2n) is 16.1. The summed E-state index contributed by atoms with van der Waals surface area (Å²) >= 11 is 0. The Morgan fingerprint density at radius 3 is 1.60 bits per heavy atom. The molecule has 10 heterocycles. The summed E-state index contributed by atoms with van der Waals surface area (Å²) in [5.41, 5.74) is 6.84. The van der Waals surface area contributed by atoms with E-state index in [1.54, 1.807) is 43.0 Å². The molecule has 0 saturated carbocycles. The molecule has 0 unspecified atom stereocenters. The van der Waals surface area contributed by atoms with Gasteiger partial charge in [-0.2, -0.15) is 36.3 Å². The fourth-order valence-electron chi connectivity index (χ4n) is 7.83. The number of carbonyl (C=O) groups is 4. The molecule has 20 nitrogen and oxygen atoms in total. The monoisotopic (exact) mass is 937 g/mol. The minimum atomic E-state index is -4.47. The van der Waals surface area contributed by atoms with Gasteiger partial charge in [0.2, 0.25) is 11.9 Å². The Bertz CT molecular complexity index is 2850. The van der Waals surface area contributed by atoms with Crippen molar-refractivity contribution in [3.8, 4) is 0 Å². The topological polar surface area (TPSA) is 260 Å². The molecule has 6 aromatic rings. The molecule has 4 atom stereocenters. The summed E-state index contributed by atoms with van der Waals surface area (Å²) in [6, 6.07) is 6.93. The first-order valence-electron chi connectivity index (χ1n) is 20.7. The highest BCUT2D eigenvalue weighted by Crippen LogP contribution is 2.41. The number of hydrogen-bond acceptors (Lipinski definition) is 13. The van der Waals surface area contributed by atoms with Crippen molar-refractivity contribution in [1.29, 1.82) is 0 Å². The number of alkyl halides is 6. The molecular formula is C41H41F6N15O5. The van der Waals surface area contributed by atoms with Gasteiger partial charge in [-0.05, 0) is 56.2 Å². The van der Waals surface area contributed by atoms with E-state index in [-0.39, 0.29) is 41.2 Å². The van der Waals surface area contributed by atoms with Crippen LogP contribution in [0.2, 0.25) is 0 Å². The molecule has 67 heavy (non-hydrogen) atoms. The van der Waals surface area contributed by atoms with Gasteiger partial charge in [0.1, 0.15) is 17.0 Å². The standard InChI is InChI=1S/C21H20F3N7O2.C17H15N7O3.C3H6F3N/c1-11(21(22,23)24)8-16(32)14-2-3-15-18(27-14)31(13-5-7-30(15)10-13)20(33)29-19-26-9-12-4-6-25-17(12)28-19;25-15(26)11-1-2-12-14(20-11)24(10-4-6-23(12)8-10)17(27)22-16-19-7-9-3-5-18-13(9)21-16;1-2(7)3(4,5)6/h2-4,6,9,11,13H,5,7-8,10H2,1H3,(H2,25,26,28,29,33);1-3,5,7,10H,4,6,8H2,(H,25,26)(H2,18,19,21,22,27);2H,7H2,1H3/t11-,13-;10-;2-/m001/s1. The summed E-state index contributed by atoms with van der Waals surface area (Å²) in [6.07, 6.45) is -1.28. The smallest absolute Gasteiger partial charge is 0.403 e. The van der Waals surface area contributed by atoms with Crippen molar-refractivity contribution in [3.05, 3.63) is 72.6 Å². The van der Waals surface area contributed by atoms with Gasteiger partial charge in [-0.15, -0.1) is 0 Å². The minimum absolute atomic E-state index is 0.0803. The second kappa shape index (κ2) is 18.0. The molecule has 2 saturated heterocycles. The minimum Gasteiger partial charge on any atom is -0.477 e. The number of Topliss-reactive ketones (excluding diaryl/α,β-unsaturated/α-hetero) is 1. The summed E-state index contributed by atoms with van der Waals surface area (Å²) in [4.78, 5) is 88.5. The maximum absolute atomic E-state index is 13.2. The highest BCUT2D eigenvalue weighted by Gasteiger charge is 2.43. The number of carboxylic acids is 1. The molecule has 26 heteroatoms. The van der Waals surface area contributed by atoms with E-state index in [0.717, 1.165) is 43.3 Å². The van der Waals surface area contributed by atoms with Crippen LogP contribution in [0.1, 0.15) is 54.1 Å². The van der Waals surface area contributed by atoms with Crippen LogP contribution < -0.4 is 36.0 Å². The quantitative estimate of drug-likeness (QED) is 0.0788. The number of rotatable bonds is 6. The molecule has 7 N–H and O–H groups in total. The number of fused-ring (bicyclic) bond motifs is 10. The third-order valence-corrected chi connectivity index (χ3v) is 11.5. The number of hydrogen-bond donors (Lipinski definition) is 6. The molecule has 0 spiro atoms. The predicted octanol–water partition coefficient (Wildman–Crippen LogP) is 6.33.